The summed E-state index contributed by atoms with van der Waals surface area (Å²) >= 11 is 0. The lowest BCUT2D eigenvalue weighted by Gasteiger charge is -2.04. The van der Waals surface area contributed by atoms with Crippen LogP contribution in [0.5, 0.6) is 0 Å². The summed E-state index contributed by atoms with van der Waals surface area (Å²) in [7, 11) is 0. The van der Waals surface area contributed by atoms with Crippen LogP contribution in [-0.2, 0) is 4.79 Å². The summed E-state index contributed by atoms with van der Waals surface area (Å²) in [6.07, 6.45) is 3.99. The monoisotopic (exact) mass is 220 g/mol. The Bertz CT molecular complexity index is 365. The van der Waals surface area contributed by atoms with Crippen molar-refractivity contribution in [1.29, 1.82) is 0 Å². The van der Waals surface area contributed by atoms with E-state index in [9.17, 15) is 4.79 Å². The van der Waals surface area contributed by atoms with Crippen molar-refractivity contribution in [2.75, 3.05) is 6.61 Å². The van der Waals surface area contributed by atoms with Gasteiger partial charge in [-0.25, -0.2) is 0 Å². The molecule has 2 N–H and O–H groups in total. The van der Waals surface area contributed by atoms with Gasteiger partial charge in [0.25, 0.3) is 0 Å². The molecule has 0 saturated heterocycles. The first-order chi connectivity index (χ1) is 7.63. The van der Waals surface area contributed by atoms with Crippen molar-refractivity contribution in [2.45, 2.75) is 13.3 Å². The molecule has 1 aromatic carbocycles. The van der Waals surface area contributed by atoms with Crippen molar-refractivity contribution in [3.8, 4) is 0 Å². The van der Waals surface area contributed by atoms with Gasteiger partial charge in [0.1, 0.15) is 0 Å². The minimum Gasteiger partial charge on any atom is -0.481 e. The number of carbonyl (C=O) groups is 1. The van der Waals surface area contributed by atoms with Gasteiger partial charge in [-0.1, -0.05) is 42.0 Å². The lowest BCUT2D eigenvalue weighted by Crippen LogP contribution is -2.16. The van der Waals surface area contributed by atoms with Crippen LogP contribution in [0.2, 0.25) is 0 Å². The number of benzene rings is 1. The second-order valence-electron chi connectivity index (χ2n) is 3.77. The SMILES string of the molecule is Cc1ccc(/C=C/CC(CO)C(=O)O)cc1. The molecule has 0 amide bonds. The van der Waals surface area contributed by atoms with E-state index in [2.05, 4.69) is 0 Å². The molecule has 0 aliphatic heterocycles. The predicted octanol–water partition coefficient (Wildman–Crippen LogP) is 2.09. The van der Waals surface area contributed by atoms with E-state index in [4.69, 9.17) is 10.2 Å². The summed E-state index contributed by atoms with van der Waals surface area (Å²) in [4.78, 5) is 10.6. The summed E-state index contributed by atoms with van der Waals surface area (Å²) < 4.78 is 0. The van der Waals surface area contributed by atoms with Crippen molar-refractivity contribution >= 4 is 12.0 Å². The van der Waals surface area contributed by atoms with Crippen molar-refractivity contribution in [3.63, 3.8) is 0 Å². The first-order valence-electron chi connectivity index (χ1n) is 5.20. The molecule has 1 atom stereocenters. The second-order valence-corrected chi connectivity index (χ2v) is 3.77. The van der Waals surface area contributed by atoms with E-state index >= 15 is 0 Å². The van der Waals surface area contributed by atoms with Gasteiger partial charge < -0.3 is 10.2 Å². The van der Waals surface area contributed by atoms with E-state index in [1.807, 2.05) is 37.3 Å². The van der Waals surface area contributed by atoms with E-state index in [0.717, 1.165) is 5.56 Å². The van der Waals surface area contributed by atoms with E-state index < -0.39 is 11.9 Å². The number of hydrogen-bond acceptors (Lipinski definition) is 2. The molecule has 0 fully saturated rings. The fourth-order valence-electron chi connectivity index (χ4n) is 1.30. The Morgan fingerprint density at radius 3 is 2.50 bits per heavy atom. The number of rotatable bonds is 5. The maximum absolute atomic E-state index is 10.6. The average molecular weight is 220 g/mol. The minimum absolute atomic E-state index is 0.326. The number of hydrogen-bond donors (Lipinski definition) is 2. The molecule has 0 aliphatic rings. The highest BCUT2D eigenvalue weighted by Gasteiger charge is 2.13. The van der Waals surface area contributed by atoms with E-state index in [0.29, 0.717) is 6.42 Å². The molecule has 86 valence electrons. The van der Waals surface area contributed by atoms with Gasteiger partial charge in [-0.3, -0.25) is 4.79 Å². The molecule has 1 unspecified atom stereocenters. The Labute approximate surface area is 95.0 Å². The number of allylic oxidation sites excluding steroid dienone is 1. The summed E-state index contributed by atoms with van der Waals surface area (Å²) in [6, 6.07) is 7.95. The van der Waals surface area contributed by atoms with Crippen LogP contribution in [-0.4, -0.2) is 22.8 Å². The van der Waals surface area contributed by atoms with Crippen molar-refractivity contribution in [1.82, 2.24) is 0 Å². The molecule has 1 aromatic rings. The lowest BCUT2D eigenvalue weighted by molar-refractivity contribution is -0.142. The Kier molecular flexibility index (Phi) is 4.73. The molecule has 16 heavy (non-hydrogen) atoms. The third-order valence-electron chi connectivity index (χ3n) is 2.38. The van der Waals surface area contributed by atoms with Crippen LogP contribution < -0.4 is 0 Å². The molecule has 3 heteroatoms. The third kappa shape index (κ3) is 3.87. The summed E-state index contributed by atoms with van der Waals surface area (Å²) in [5.74, 6) is -1.67. The molecule has 1 rings (SSSR count). The van der Waals surface area contributed by atoms with Crippen LogP contribution in [0.1, 0.15) is 17.5 Å². The Morgan fingerprint density at radius 1 is 1.38 bits per heavy atom. The standard InChI is InChI=1S/C13H16O3/c1-10-5-7-11(8-6-10)3-2-4-12(9-14)13(15)16/h2-3,5-8,12,14H,4,9H2,1H3,(H,15,16)/b3-2+. The highest BCUT2D eigenvalue weighted by Crippen LogP contribution is 2.08. The van der Waals surface area contributed by atoms with Gasteiger partial charge in [0.05, 0.1) is 12.5 Å². The Balaban J connectivity index is 2.54. The largest absolute Gasteiger partial charge is 0.481 e. The molecular weight excluding hydrogens is 204 g/mol. The summed E-state index contributed by atoms with van der Waals surface area (Å²) in [5, 5.41) is 17.5. The predicted molar refractivity (Wildman–Crippen MR) is 63.0 cm³/mol. The van der Waals surface area contributed by atoms with Crippen molar-refractivity contribution in [3.05, 3.63) is 41.5 Å². The molecular formula is C13H16O3. The van der Waals surface area contributed by atoms with Gasteiger partial charge in [-0.05, 0) is 18.9 Å². The van der Waals surface area contributed by atoms with Gasteiger partial charge in [0, 0.05) is 0 Å². The molecule has 0 radical (unpaired) electrons. The quantitative estimate of drug-likeness (QED) is 0.798. The lowest BCUT2D eigenvalue weighted by atomic mass is 10.1. The topological polar surface area (TPSA) is 57.5 Å². The van der Waals surface area contributed by atoms with Crippen molar-refractivity contribution < 1.29 is 15.0 Å². The van der Waals surface area contributed by atoms with Gasteiger partial charge in [0.2, 0.25) is 0 Å². The fourth-order valence-corrected chi connectivity index (χ4v) is 1.30. The Hall–Kier alpha value is -1.61. The number of aliphatic hydroxyl groups excluding tert-OH is 1. The van der Waals surface area contributed by atoms with E-state index in [-0.39, 0.29) is 6.61 Å². The molecule has 0 saturated carbocycles. The van der Waals surface area contributed by atoms with Crippen LogP contribution >= 0.6 is 0 Å². The number of aliphatic hydroxyl groups is 1. The van der Waals surface area contributed by atoms with Crippen LogP contribution in [0.25, 0.3) is 6.08 Å². The van der Waals surface area contributed by atoms with Gasteiger partial charge >= 0.3 is 5.97 Å². The number of aryl methyl sites for hydroxylation is 1. The zero-order valence-electron chi connectivity index (χ0n) is 9.26. The molecule has 0 aliphatic carbocycles. The summed E-state index contributed by atoms with van der Waals surface area (Å²) in [6.45, 7) is 1.69. The van der Waals surface area contributed by atoms with Crippen LogP contribution in [0, 0.1) is 12.8 Å². The maximum Gasteiger partial charge on any atom is 0.309 e. The van der Waals surface area contributed by atoms with Crippen molar-refractivity contribution in [2.24, 2.45) is 5.92 Å². The highest BCUT2D eigenvalue weighted by atomic mass is 16.4. The van der Waals surface area contributed by atoms with Gasteiger partial charge in [0.15, 0.2) is 0 Å². The second kappa shape index (κ2) is 6.08. The zero-order chi connectivity index (χ0) is 12.0. The fraction of sp³-hybridized carbons (Fsp3) is 0.308. The minimum atomic E-state index is -0.962. The maximum atomic E-state index is 10.6. The molecule has 0 aromatic heterocycles. The third-order valence-corrected chi connectivity index (χ3v) is 2.38. The normalized spacial score (nSPS) is 12.9. The van der Waals surface area contributed by atoms with Gasteiger partial charge in [-0.2, -0.15) is 0 Å². The van der Waals surface area contributed by atoms with E-state index in [1.165, 1.54) is 5.56 Å². The first kappa shape index (κ1) is 12.5. The first-order valence-corrected chi connectivity index (χ1v) is 5.20. The van der Waals surface area contributed by atoms with Crippen LogP contribution in [0.3, 0.4) is 0 Å². The van der Waals surface area contributed by atoms with Gasteiger partial charge in [-0.15, -0.1) is 0 Å². The molecule has 3 nitrogen and oxygen atoms in total. The zero-order valence-corrected chi connectivity index (χ0v) is 9.26. The van der Waals surface area contributed by atoms with Crippen LogP contribution in [0.4, 0.5) is 0 Å². The highest BCUT2D eigenvalue weighted by molar-refractivity contribution is 5.70. The molecule has 0 bridgehead atoms. The smallest absolute Gasteiger partial charge is 0.309 e. The number of aliphatic carboxylic acids is 1. The van der Waals surface area contributed by atoms with E-state index in [1.54, 1.807) is 6.08 Å². The summed E-state index contributed by atoms with van der Waals surface area (Å²) in [5.41, 5.74) is 2.23. The average Bonchev–Trinajstić information content (AvgIpc) is 2.26. The molecule has 0 spiro atoms. The Morgan fingerprint density at radius 2 is 2.00 bits per heavy atom. The number of carboxylic acids is 1. The molecule has 0 heterocycles. The number of carboxylic acid groups (broad SMARTS) is 1. The van der Waals surface area contributed by atoms with Crippen LogP contribution in [0.15, 0.2) is 30.3 Å².